The molecule has 3 aliphatic rings. The summed E-state index contributed by atoms with van der Waals surface area (Å²) < 4.78 is 5.37. The van der Waals surface area contributed by atoms with Crippen LogP contribution < -0.4 is 0 Å². The zero-order valence-electron chi connectivity index (χ0n) is 16.1. The first-order valence-electron chi connectivity index (χ1n) is 9.78. The van der Waals surface area contributed by atoms with Crippen molar-refractivity contribution in [2.45, 2.75) is 38.3 Å². The van der Waals surface area contributed by atoms with Gasteiger partial charge in [0, 0.05) is 51.8 Å². The summed E-state index contributed by atoms with van der Waals surface area (Å²) in [6, 6.07) is 0. The second-order valence-corrected chi connectivity index (χ2v) is 8.99. The van der Waals surface area contributed by atoms with E-state index in [0.717, 1.165) is 30.2 Å². The van der Waals surface area contributed by atoms with Crippen LogP contribution in [0.5, 0.6) is 0 Å². The third-order valence-corrected chi connectivity index (χ3v) is 7.08. The molecule has 0 radical (unpaired) electrons. The Morgan fingerprint density at radius 1 is 1.33 bits per heavy atom. The molecule has 3 aliphatic heterocycles. The van der Waals surface area contributed by atoms with Gasteiger partial charge in [-0.05, 0) is 26.2 Å². The highest BCUT2D eigenvalue weighted by Crippen LogP contribution is 2.35. The molecule has 148 valence electrons. The second kappa shape index (κ2) is 7.48. The highest BCUT2D eigenvalue weighted by molar-refractivity contribution is 7.09. The van der Waals surface area contributed by atoms with E-state index < -0.39 is 5.54 Å². The van der Waals surface area contributed by atoms with E-state index in [9.17, 15) is 9.59 Å². The third kappa shape index (κ3) is 3.50. The Morgan fingerprint density at radius 3 is 2.74 bits per heavy atom. The highest BCUT2D eigenvalue weighted by atomic mass is 32.1. The molecular formula is C19H28N4O3S. The third-order valence-electron chi connectivity index (χ3n) is 6.26. The molecule has 3 fully saturated rings. The lowest BCUT2D eigenvalue weighted by atomic mass is 9.82. The summed E-state index contributed by atoms with van der Waals surface area (Å²) >= 11 is 1.65. The number of likely N-dealkylation sites (tertiary alicyclic amines) is 1. The maximum absolute atomic E-state index is 13.2. The van der Waals surface area contributed by atoms with Gasteiger partial charge in [0.05, 0.1) is 23.2 Å². The summed E-state index contributed by atoms with van der Waals surface area (Å²) in [5.74, 6) is 0.385. The topological polar surface area (TPSA) is 66.0 Å². The number of piperazine rings is 1. The van der Waals surface area contributed by atoms with Crippen molar-refractivity contribution in [1.29, 1.82) is 0 Å². The number of nitrogens with zero attached hydrogens (tertiary/aromatic N) is 4. The van der Waals surface area contributed by atoms with E-state index in [0.29, 0.717) is 45.7 Å². The molecule has 0 unspecified atom stereocenters. The van der Waals surface area contributed by atoms with Gasteiger partial charge in [0.25, 0.3) is 0 Å². The van der Waals surface area contributed by atoms with E-state index in [4.69, 9.17) is 4.74 Å². The lowest BCUT2D eigenvalue weighted by molar-refractivity contribution is -0.158. The molecule has 1 atom stereocenters. The van der Waals surface area contributed by atoms with Gasteiger partial charge in [0.15, 0.2) is 0 Å². The minimum absolute atomic E-state index is 0.00198. The summed E-state index contributed by atoms with van der Waals surface area (Å²) in [5, 5.41) is 3.14. The standard InChI is InChI=1S/C19H28N4O3S/c1-14-20-16(13-27-14)11-23-9-8-21(2)18(25)19(23)4-6-22(7-5-19)17(24)15-3-10-26-12-15/h13,15H,3-12H2,1-2H3/t15-/m0/s1. The molecule has 0 saturated carbocycles. The number of rotatable bonds is 3. The Morgan fingerprint density at radius 2 is 2.11 bits per heavy atom. The fraction of sp³-hybridized carbons (Fsp3) is 0.737. The van der Waals surface area contributed by atoms with Crippen LogP contribution in [-0.4, -0.2) is 83.5 Å². The van der Waals surface area contributed by atoms with Crippen molar-refractivity contribution in [3.63, 3.8) is 0 Å². The predicted molar refractivity (Wildman–Crippen MR) is 102 cm³/mol. The first kappa shape index (κ1) is 18.8. The van der Waals surface area contributed by atoms with E-state index in [2.05, 4.69) is 15.3 Å². The number of ether oxygens (including phenoxy) is 1. The molecule has 4 heterocycles. The smallest absolute Gasteiger partial charge is 0.243 e. The number of thiazole rings is 1. The van der Waals surface area contributed by atoms with Gasteiger partial charge in [-0.25, -0.2) is 4.98 Å². The van der Waals surface area contributed by atoms with Crippen LogP contribution >= 0.6 is 11.3 Å². The molecule has 27 heavy (non-hydrogen) atoms. The van der Waals surface area contributed by atoms with Gasteiger partial charge in [0.2, 0.25) is 11.8 Å². The van der Waals surface area contributed by atoms with Crippen molar-refractivity contribution >= 4 is 23.2 Å². The average molecular weight is 393 g/mol. The fourth-order valence-electron chi connectivity index (χ4n) is 4.60. The minimum atomic E-state index is -0.506. The molecule has 0 N–H and O–H groups in total. The van der Waals surface area contributed by atoms with E-state index in [1.807, 2.05) is 23.8 Å². The molecule has 1 aromatic heterocycles. The summed E-state index contributed by atoms with van der Waals surface area (Å²) in [7, 11) is 1.89. The van der Waals surface area contributed by atoms with Crippen molar-refractivity contribution in [2.75, 3.05) is 46.4 Å². The van der Waals surface area contributed by atoms with Gasteiger partial charge in [-0.15, -0.1) is 11.3 Å². The molecule has 0 aromatic carbocycles. The first-order chi connectivity index (χ1) is 13.0. The van der Waals surface area contributed by atoms with Gasteiger partial charge in [0.1, 0.15) is 5.54 Å². The summed E-state index contributed by atoms with van der Waals surface area (Å²) in [6.07, 6.45) is 2.20. The van der Waals surface area contributed by atoms with Crippen LogP contribution in [0.2, 0.25) is 0 Å². The number of hydrogen-bond acceptors (Lipinski definition) is 6. The molecule has 0 aliphatic carbocycles. The lowest BCUT2D eigenvalue weighted by Gasteiger charge is -2.52. The number of amides is 2. The molecule has 1 aromatic rings. The number of hydrogen-bond donors (Lipinski definition) is 0. The Labute approximate surface area is 164 Å². The summed E-state index contributed by atoms with van der Waals surface area (Å²) in [6.45, 7) is 6.80. The molecule has 1 spiro atoms. The number of carbonyl (C=O) groups is 2. The average Bonchev–Trinajstić information content (AvgIpc) is 3.34. The number of carbonyl (C=O) groups excluding carboxylic acids is 2. The molecule has 4 rings (SSSR count). The van der Waals surface area contributed by atoms with Crippen LogP contribution in [0.4, 0.5) is 0 Å². The molecular weight excluding hydrogens is 364 g/mol. The van der Waals surface area contributed by atoms with Crippen LogP contribution in [0, 0.1) is 12.8 Å². The molecule has 3 saturated heterocycles. The Balaban J connectivity index is 1.49. The maximum atomic E-state index is 13.2. The number of piperidine rings is 1. The largest absolute Gasteiger partial charge is 0.381 e. The maximum Gasteiger partial charge on any atom is 0.243 e. The molecule has 8 heteroatoms. The van der Waals surface area contributed by atoms with Crippen LogP contribution in [-0.2, 0) is 20.9 Å². The summed E-state index contributed by atoms with van der Waals surface area (Å²) in [4.78, 5) is 36.6. The van der Waals surface area contributed by atoms with E-state index >= 15 is 0 Å². The Hall–Kier alpha value is -1.51. The second-order valence-electron chi connectivity index (χ2n) is 7.92. The quantitative estimate of drug-likeness (QED) is 0.771. The SMILES string of the molecule is Cc1nc(CN2CCN(C)C(=O)C23CCN(C(=O)[C@H]2CCOC2)CC3)cs1. The fourth-order valence-corrected chi connectivity index (χ4v) is 5.20. The monoisotopic (exact) mass is 392 g/mol. The first-order valence-corrected chi connectivity index (χ1v) is 10.7. The van der Waals surface area contributed by atoms with Gasteiger partial charge in [-0.3, -0.25) is 14.5 Å². The zero-order chi connectivity index (χ0) is 19.0. The van der Waals surface area contributed by atoms with E-state index in [-0.39, 0.29) is 17.7 Å². The van der Waals surface area contributed by atoms with Crippen LogP contribution in [0.1, 0.15) is 30.0 Å². The summed E-state index contributed by atoms with van der Waals surface area (Å²) in [5.41, 5.74) is 0.531. The van der Waals surface area contributed by atoms with Crippen molar-refractivity contribution < 1.29 is 14.3 Å². The van der Waals surface area contributed by atoms with Gasteiger partial charge >= 0.3 is 0 Å². The van der Waals surface area contributed by atoms with Crippen LogP contribution in [0.3, 0.4) is 0 Å². The van der Waals surface area contributed by atoms with Crippen LogP contribution in [0.25, 0.3) is 0 Å². The Bertz CT molecular complexity index is 708. The number of aryl methyl sites for hydroxylation is 1. The van der Waals surface area contributed by atoms with Crippen molar-refractivity contribution in [1.82, 2.24) is 19.7 Å². The van der Waals surface area contributed by atoms with E-state index in [1.54, 1.807) is 11.3 Å². The van der Waals surface area contributed by atoms with Gasteiger partial charge in [-0.1, -0.05) is 0 Å². The predicted octanol–water partition coefficient (Wildman–Crippen LogP) is 1.12. The van der Waals surface area contributed by atoms with Crippen molar-refractivity contribution in [3.05, 3.63) is 16.1 Å². The zero-order valence-corrected chi connectivity index (χ0v) is 17.0. The molecule has 2 amide bonds. The molecule has 0 bridgehead atoms. The van der Waals surface area contributed by atoms with Gasteiger partial charge < -0.3 is 14.5 Å². The normalized spacial score (nSPS) is 26.1. The van der Waals surface area contributed by atoms with Crippen molar-refractivity contribution in [3.8, 4) is 0 Å². The van der Waals surface area contributed by atoms with Crippen molar-refractivity contribution in [2.24, 2.45) is 5.92 Å². The number of likely N-dealkylation sites (N-methyl/N-ethyl adjacent to an activating group) is 1. The highest BCUT2D eigenvalue weighted by Gasteiger charge is 2.50. The van der Waals surface area contributed by atoms with E-state index in [1.165, 1.54) is 0 Å². The lowest BCUT2D eigenvalue weighted by Crippen LogP contribution is -2.68. The van der Waals surface area contributed by atoms with Gasteiger partial charge in [-0.2, -0.15) is 0 Å². The van der Waals surface area contributed by atoms with Crippen LogP contribution in [0.15, 0.2) is 5.38 Å². The number of aromatic nitrogens is 1. The molecule has 7 nitrogen and oxygen atoms in total. The Kier molecular flexibility index (Phi) is 5.22. The minimum Gasteiger partial charge on any atom is -0.381 e.